The minimum atomic E-state index is 0.407. The third-order valence-electron chi connectivity index (χ3n) is 3.53. The van der Waals surface area contributed by atoms with Crippen LogP contribution in [-0.2, 0) is 0 Å². The highest BCUT2D eigenvalue weighted by Gasteiger charge is 2.25. The SMILES string of the molecule is CC[C@@H]1CCC(c2nc3cc(I)ccc3[nH]2)N1. The van der Waals surface area contributed by atoms with Gasteiger partial charge in [-0.1, -0.05) is 6.92 Å². The molecule has 0 spiro atoms. The Morgan fingerprint density at radius 3 is 3.06 bits per heavy atom. The number of imidazole rings is 1. The lowest BCUT2D eigenvalue weighted by molar-refractivity contribution is 0.528. The van der Waals surface area contributed by atoms with Crippen molar-refractivity contribution in [3.8, 4) is 0 Å². The number of hydrogen-bond acceptors (Lipinski definition) is 2. The standard InChI is InChI=1S/C13H16IN3/c1-2-9-4-6-11(15-9)13-16-10-5-3-8(14)7-12(10)17-13/h3,5,7,9,11,15H,2,4,6H2,1H3,(H,16,17)/t9-,11?/m1/s1. The summed E-state index contributed by atoms with van der Waals surface area (Å²) in [7, 11) is 0. The number of nitrogens with zero attached hydrogens (tertiary/aromatic N) is 1. The van der Waals surface area contributed by atoms with Gasteiger partial charge in [-0.3, -0.25) is 0 Å². The molecule has 17 heavy (non-hydrogen) atoms. The van der Waals surface area contributed by atoms with Gasteiger partial charge in [-0.25, -0.2) is 4.98 Å². The number of aromatic nitrogens is 2. The maximum atomic E-state index is 4.70. The first kappa shape index (κ1) is 11.5. The Kier molecular flexibility index (Phi) is 3.08. The van der Waals surface area contributed by atoms with E-state index >= 15 is 0 Å². The molecule has 0 radical (unpaired) electrons. The average molecular weight is 341 g/mol. The van der Waals surface area contributed by atoms with Gasteiger partial charge in [0.2, 0.25) is 0 Å². The third kappa shape index (κ3) is 2.20. The summed E-state index contributed by atoms with van der Waals surface area (Å²) < 4.78 is 1.24. The molecule has 0 bridgehead atoms. The van der Waals surface area contributed by atoms with E-state index < -0.39 is 0 Å². The van der Waals surface area contributed by atoms with Crippen molar-refractivity contribution in [2.24, 2.45) is 0 Å². The normalized spacial score (nSPS) is 24.6. The van der Waals surface area contributed by atoms with Crippen LogP contribution in [0.2, 0.25) is 0 Å². The molecule has 4 heteroatoms. The van der Waals surface area contributed by atoms with E-state index in [2.05, 4.69) is 58.0 Å². The lowest BCUT2D eigenvalue weighted by Crippen LogP contribution is -2.23. The molecule has 2 heterocycles. The second-order valence-corrected chi connectivity index (χ2v) is 5.93. The summed E-state index contributed by atoms with van der Waals surface area (Å²) in [5, 5.41) is 3.64. The first-order valence-corrected chi connectivity index (χ1v) is 7.25. The Bertz CT molecular complexity index is 534. The summed E-state index contributed by atoms with van der Waals surface area (Å²) >= 11 is 2.33. The lowest BCUT2D eigenvalue weighted by atomic mass is 10.1. The van der Waals surface area contributed by atoms with Crippen LogP contribution in [0.5, 0.6) is 0 Å². The van der Waals surface area contributed by atoms with Crippen LogP contribution in [0.15, 0.2) is 18.2 Å². The number of benzene rings is 1. The average Bonchev–Trinajstić information content (AvgIpc) is 2.93. The minimum absolute atomic E-state index is 0.407. The van der Waals surface area contributed by atoms with Crippen LogP contribution >= 0.6 is 22.6 Å². The quantitative estimate of drug-likeness (QED) is 0.823. The lowest BCUT2D eigenvalue weighted by Gasteiger charge is -2.09. The Balaban J connectivity index is 1.91. The fourth-order valence-corrected chi connectivity index (χ4v) is 3.00. The first-order chi connectivity index (χ1) is 8.26. The Hall–Kier alpha value is -0.620. The first-order valence-electron chi connectivity index (χ1n) is 6.17. The molecule has 1 aliphatic heterocycles. The molecule has 0 amide bonds. The molecule has 1 aromatic heterocycles. The molecule has 3 nitrogen and oxygen atoms in total. The molecular formula is C13H16IN3. The smallest absolute Gasteiger partial charge is 0.124 e. The predicted octanol–water partition coefficient (Wildman–Crippen LogP) is 3.37. The topological polar surface area (TPSA) is 40.7 Å². The third-order valence-corrected chi connectivity index (χ3v) is 4.20. The summed E-state index contributed by atoms with van der Waals surface area (Å²) in [6, 6.07) is 7.42. The van der Waals surface area contributed by atoms with Crippen molar-refractivity contribution in [3.05, 3.63) is 27.6 Å². The maximum absolute atomic E-state index is 4.70. The number of rotatable bonds is 2. The molecule has 1 saturated heterocycles. The van der Waals surface area contributed by atoms with Gasteiger partial charge in [0.05, 0.1) is 17.1 Å². The predicted molar refractivity (Wildman–Crippen MR) is 78.0 cm³/mol. The second kappa shape index (κ2) is 4.57. The molecular weight excluding hydrogens is 325 g/mol. The zero-order chi connectivity index (χ0) is 11.8. The van der Waals surface area contributed by atoms with Gasteiger partial charge in [0.15, 0.2) is 0 Å². The Morgan fingerprint density at radius 2 is 2.29 bits per heavy atom. The zero-order valence-electron chi connectivity index (χ0n) is 9.83. The van der Waals surface area contributed by atoms with Crippen LogP contribution in [0.1, 0.15) is 38.1 Å². The molecule has 2 N–H and O–H groups in total. The van der Waals surface area contributed by atoms with Crippen LogP contribution in [0.25, 0.3) is 11.0 Å². The minimum Gasteiger partial charge on any atom is -0.341 e. The number of nitrogens with one attached hydrogen (secondary N) is 2. The van der Waals surface area contributed by atoms with E-state index in [-0.39, 0.29) is 0 Å². The summed E-state index contributed by atoms with van der Waals surface area (Å²) in [6.45, 7) is 2.24. The van der Waals surface area contributed by atoms with Crippen molar-refractivity contribution < 1.29 is 0 Å². The van der Waals surface area contributed by atoms with E-state index in [1.165, 1.54) is 22.8 Å². The molecule has 2 aromatic rings. The van der Waals surface area contributed by atoms with Crippen LogP contribution in [0.4, 0.5) is 0 Å². The fourth-order valence-electron chi connectivity index (χ4n) is 2.52. The highest BCUT2D eigenvalue weighted by Crippen LogP contribution is 2.27. The van der Waals surface area contributed by atoms with E-state index in [0.29, 0.717) is 12.1 Å². The maximum Gasteiger partial charge on any atom is 0.124 e. The van der Waals surface area contributed by atoms with Crippen molar-refractivity contribution in [1.82, 2.24) is 15.3 Å². The monoisotopic (exact) mass is 341 g/mol. The van der Waals surface area contributed by atoms with E-state index in [9.17, 15) is 0 Å². The molecule has 3 rings (SSSR count). The number of H-pyrrole nitrogens is 1. The number of fused-ring (bicyclic) bond motifs is 1. The largest absolute Gasteiger partial charge is 0.341 e. The summed E-state index contributed by atoms with van der Waals surface area (Å²) in [5.41, 5.74) is 2.22. The van der Waals surface area contributed by atoms with Crippen LogP contribution in [0.3, 0.4) is 0 Å². The van der Waals surface area contributed by atoms with Gasteiger partial charge < -0.3 is 10.3 Å². The number of hydrogen-bond donors (Lipinski definition) is 2. The molecule has 1 aromatic carbocycles. The zero-order valence-corrected chi connectivity index (χ0v) is 12.0. The van der Waals surface area contributed by atoms with Crippen molar-refractivity contribution in [2.45, 2.75) is 38.3 Å². The van der Waals surface area contributed by atoms with Gasteiger partial charge in [0.1, 0.15) is 5.82 Å². The highest BCUT2D eigenvalue weighted by atomic mass is 127. The summed E-state index contributed by atoms with van der Waals surface area (Å²) in [6.07, 6.45) is 3.65. The fraction of sp³-hybridized carbons (Fsp3) is 0.462. The van der Waals surface area contributed by atoms with E-state index in [0.717, 1.165) is 16.9 Å². The van der Waals surface area contributed by atoms with E-state index in [1.54, 1.807) is 0 Å². The van der Waals surface area contributed by atoms with Gasteiger partial charge in [0, 0.05) is 9.61 Å². The highest BCUT2D eigenvalue weighted by molar-refractivity contribution is 14.1. The summed E-state index contributed by atoms with van der Waals surface area (Å²) in [4.78, 5) is 8.13. The molecule has 0 aliphatic carbocycles. The number of halogens is 1. The molecule has 1 fully saturated rings. The van der Waals surface area contributed by atoms with Crippen molar-refractivity contribution in [2.75, 3.05) is 0 Å². The van der Waals surface area contributed by atoms with E-state index in [1.807, 2.05) is 0 Å². The van der Waals surface area contributed by atoms with Gasteiger partial charge in [-0.15, -0.1) is 0 Å². The molecule has 1 unspecified atom stereocenters. The molecule has 2 atom stereocenters. The van der Waals surface area contributed by atoms with Crippen LogP contribution < -0.4 is 5.32 Å². The van der Waals surface area contributed by atoms with Gasteiger partial charge >= 0.3 is 0 Å². The second-order valence-electron chi connectivity index (χ2n) is 4.69. The Morgan fingerprint density at radius 1 is 1.41 bits per heavy atom. The van der Waals surface area contributed by atoms with Gasteiger partial charge in [-0.2, -0.15) is 0 Å². The van der Waals surface area contributed by atoms with Crippen LogP contribution in [-0.4, -0.2) is 16.0 Å². The van der Waals surface area contributed by atoms with Crippen molar-refractivity contribution in [3.63, 3.8) is 0 Å². The summed E-state index contributed by atoms with van der Waals surface area (Å²) in [5.74, 6) is 1.10. The van der Waals surface area contributed by atoms with E-state index in [4.69, 9.17) is 4.98 Å². The number of aromatic amines is 1. The van der Waals surface area contributed by atoms with Crippen LogP contribution in [0, 0.1) is 3.57 Å². The van der Waals surface area contributed by atoms with Crippen molar-refractivity contribution in [1.29, 1.82) is 0 Å². The van der Waals surface area contributed by atoms with Gasteiger partial charge in [-0.05, 0) is 60.1 Å². The van der Waals surface area contributed by atoms with Crippen molar-refractivity contribution >= 4 is 33.6 Å². The Labute approximate surface area is 115 Å². The van der Waals surface area contributed by atoms with Gasteiger partial charge in [0.25, 0.3) is 0 Å². The molecule has 90 valence electrons. The molecule has 1 aliphatic rings. The molecule has 0 saturated carbocycles.